The molecule has 35 heavy (non-hydrogen) atoms. The first kappa shape index (κ1) is 26.2. The van der Waals surface area contributed by atoms with Gasteiger partial charge < -0.3 is 19.5 Å². The van der Waals surface area contributed by atoms with Crippen molar-refractivity contribution in [2.24, 2.45) is 5.10 Å². The fraction of sp³-hybridized carbons (Fsp3) is 0.160. The number of nitrogens with zero attached hydrogens (tertiary/aromatic N) is 1. The van der Waals surface area contributed by atoms with Crippen LogP contribution in [0, 0.1) is 0 Å². The van der Waals surface area contributed by atoms with Gasteiger partial charge in [-0.1, -0.05) is 18.2 Å². The molecule has 0 aliphatic rings. The van der Waals surface area contributed by atoms with E-state index in [9.17, 15) is 9.59 Å². The molecule has 0 unspecified atom stereocenters. The van der Waals surface area contributed by atoms with Gasteiger partial charge in [0.25, 0.3) is 11.8 Å². The zero-order valence-corrected chi connectivity index (χ0v) is 22.2. The van der Waals surface area contributed by atoms with Crippen molar-refractivity contribution in [3.8, 4) is 17.2 Å². The van der Waals surface area contributed by atoms with Crippen molar-refractivity contribution in [2.45, 2.75) is 6.92 Å². The number of carbonyl (C=O) groups excluding carboxylic acids is 2. The van der Waals surface area contributed by atoms with Gasteiger partial charge in [-0.15, -0.1) is 0 Å². The zero-order valence-electron chi connectivity index (χ0n) is 19.0. The van der Waals surface area contributed by atoms with Gasteiger partial charge in [0.1, 0.15) is 5.75 Å². The lowest BCUT2D eigenvalue weighted by Gasteiger charge is -2.11. The summed E-state index contributed by atoms with van der Waals surface area (Å²) in [4.78, 5) is 24.6. The van der Waals surface area contributed by atoms with E-state index in [4.69, 9.17) is 14.2 Å². The molecule has 0 atom stereocenters. The number of halogens is 2. The summed E-state index contributed by atoms with van der Waals surface area (Å²) in [6.07, 6.45) is 1.49. The van der Waals surface area contributed by atoms with E-state index in [1.165, 1.54) is 13.3 Å². The van der Waals surface area contributed by atoms with E-state index in [0.29, 0.717) is 49.6 Å². The minimum Gasteiger partial charge on any atom is -0.493 e. The third-order valence-electron chi connectivity index (χ3n) is 4.53. The molecule has 10 heteroatoms. The summed E-state index contributed by atoms with van der Waals surface area (Å²) in [5, 5.41) is 6.78. The summed E-state index contributed by atoms with van der Waals surface area (Å²) < 4.78 is 17.6. The molecule has 2 N–H and O–H groups in total. The molecule has 0 bridgehead atoms. The number of rotatable bonds is 10. The average molecular weight is 605 g/mol. The van der Waals surface area contributed by atoms with Crippen molar-refractivity contribution < 1.29 is 23.8 Å². The Morgan fingerprint density at radius 1 is 0.971 bits per heavy atom. The lowest BCUT2D eigenvalue weighted by atomic mass is 10.2. The first-order chi connectivity index (χ1) is 16.9. The largest absolute Gasteiger partial charge is 0.493 e. The van der Waals surface area contributed by atoms with Crippen molar-refractivity contribution in [2.75, 3.05) is 25.6 Å². The first-order valence-electron chi connectivity index (χ1n) is 10.5. The lowest BCUT2D eigenvalue weighted by molar-refractivity contribution is -0.118. The number of methoxy groups -OCH3 is 1. The number of hydrogen-bond donors (Lipinski definition) is 2. The van der Waals surface area contributed by atoms with Crippen molar-refractivity contribution in [3.05, 3.63) is 80.7 Å². The normalized spacial score (nSPS) is 10.6. The molecule has 0 saturated carbocycles. The minimum atomic E-state index is -0.398. The van der Waals surface area contributed by atoms with Crippen LogP contribution < -0.4 is 25.0 Å². The van der Waals surface area contributed by atoms with Crippen LogP contribution in [0.25, 0.3) is 0 Å². The van der Waals surface area contributed by atoms with Crippen LogP contribution in [0.5, 0.6) is 17.2 Å². The molecular formula is C25H23Br2N3O5. The topological polar surface area (TPSA) is 98.3 Å². The van der Waals surface area contributed by atoms with Crippen LogP contribution in [0.15, 0.2) is 74.7 Å². The second-order valence-electron chi connectivity index (χ2n) is 7.01. The molecule has 3 rings (SSSR count). The lowest BCUT2D eigenvalue weighted by Crippen LogP contribution is -2.20. The molecule has 0 saturated heterocycles. The third kappa shape index (κ3) is 7.56. The number of hydrogen-bond acceptors (Lipinski definition) is 6. The summed E-state index contributed by atoms with van der Waals surface area (Å²) in [5.41, 5.74) is 4.24. The van der Waals surface area contributed by atoms with Crippen LogP contribution in [0.2, 0.25) is 0 Å². The van der Waals surface area contributed by atoms with Crippen LogP contribution in [0.3, 0.4) is 0 Å². The third-order valence-corrected chi connectivity index (χ3v) is 5.71. The second kappa shape index (κ2) is 12.9. The predicted molar refractivity (Wildman–Crippen MR) is 142 cm³/mol. The number of hydrazone groups is 1. The molecule has 3 aromatic rings. The Labute approximate surface area is 219 Å². The highest BCUT2D eigenvalue weighted by Crippen LogP contribution is 2.34. The summed E-state index contributed by atoms with van der Waals surface area (Å²) >= 11 is 6.89. The van der Waals surface area contributed by atoms with E-state index >= 15 is 0 Å². The quantitative estimate of drug-likeness (QED) is 0.238. The summed E-state index contributed by atoms with van der Waals surface area (Å²) in [6.45, 7) is 2.19. The van der Waals surface area contributed by atoms with Crippen LogP contribution >= 0.6 is 31.9 Å². The van der Waals surface area contributed by atoms with E-state index in [0.717, 1.165) is 0 Å². The Balaban J connectivity index is 1.59. The number of para-hydroxylation sites is 1. The Kier molecular flexibility index (Phi) is 9.68. The van der Waals surface area contributed by atoms with Gasteiger partial charge in [0.2, 0.25) is 0 Å². The standard InChI is InChI=1S/C25H23Br2N3O5/c1-3-34-21-10-9-17(13-22(21)33-2)25(32)30-28-14-16-11-19(26)24(20(27)12-16)35-15-23(31)29-18-7-5-4-6-8-18/h4-14H,3,15H2,1-2H3,(H,29,31)(H,30,32)/b28-14+. The van der Waals surface area contributed by atoms with Crippen molar-refractivity contribution in [1.82, 2.24) is 5.43 Å². The van der Waals surface area contributed by atoms with Crippen LogP contribution in [-0.4, -0.2) is 38.4 Å². The zero-order chi connectivity index (χ0) is 25.2. The molecule has 0 fully saturated rings. The predicted octanol–water partition coefficient (Wildman–Crippen LogP) is 5.40. The van der Waals surface area contributed by atoms with Crippen LogP contribution in [0.1, 0.15) is 22.8 Å². The van der Waals surface area contributed by atoms with Crippen molar-refractivity contribution in [3.63, 3.8) is 0 Å². The summed E-state index contributed by atoms with van der Waals surface area (Å²) in [5.74, 6) is 0.809. The molecule has 0 spiro atoms. The van der Waals surface area contributed by atoms with Crippen LogP contribution in [0.4, 0.5) is 5.69 Å². The smallest absolute Gasteiger partial charge is 0.271 e. The first-order valence-corrected chi connectivity index (χ1v) is 12.1. The maximum Gasteiger partial charge on any atom is 0.271 e. The number of carbonyl (C=O) groups is 2. The number of benzene rings is 3. The number of anilines is 1. The van der Waals surface area contributed by atoms with Gasteiger partial charge >= 0.3 is 0 Å². The fourth-order valence-corrected chi connectivity index (χ4v) is 4.41. The molecule has 0 aliphatic carbocycles. The Hall–Kier alpha value is -3.37. The Morgan fingerprint density at radius 3 is 2.34 bits per heavy atom. The highest BCUT2D eigenvalue weighted by atomic mass is 79.9. The summed E-state index contributed by atoms with van der Waals surface area (Å²) in [6, 6.07) is 17.5. The second-order valence-corrected chi connectivity index (χ2v) is 8.72. The van der Waals surface area contributed by atoms with E-state index in [1.807, 2.05) is 25.1 Å². The van der Waals surface area contributed by atoms with Gasteiger partial charge in [-0.2, -0.15) is 5.10 Å². The van der Waals surface area contributed by atoms with Gasteiger partial charge in [-0.05, 0) is 86.8 Å². The van der Waals surface area contributed by atoms with E-state index < -0.39 is 5.91 Å². The maximum atomic E-state index is 12.4. The number of nitrogens with one attached hydrogen (secondary N) is 2. The van der Waals surface area contributed by atoms with Crippen LogP contribution in [-0.2, 0) is 4.79 Å². The molecule has 0 aliphatic heterocycles. The van der Waals surface area contributed by atoms with Crippen molar-refractivity contribution >= 4 is 55.6 Å². The van der Waals surface area contributed by atoms with E-state index in [1.54, 1.807) is 42.5 Å². The molecule has 0 radical (unpaired) electrons. The molecule has 3 aromatic carbocycles. The Morgan fingerprint density at radius 2 is 1.69 bits per heavy atom. The molecule has 0 aromatic heterocycles. The van der Waals surface area contributed by atoms with Gasteiger partial charge in [0.15, 0.2) is 18.1 Å². The number of amides is 2. The average Bonchev–Trinajstić information content (AvgIpc) is 2.84. The molecule has 8 nitrogen and oxygen atoms in total. The van der Waals surface area contributed by atoms with E-state index in [2.05, 4.69) is 47.7 Å². The monoisotopic (exact) mass is 603 g/mol. The molecule has 2 amide bonds. The maximum absolute atomic E-state index is 12.4. The van der Waals surface area contributed by atoms with Gasteiger partial charge in [-0.25, -0.2) is 5.43 Å². The van der Waals surface area contributed by atoms with Gasteiger partial charge in [-0.3, -0.25) is 9.59 Å². The van der Waals surface area contributed by atoms with E-state index in [-0.39, 0.29) is 12.5 Å². The SMILES string of the molecule is CCOc1ccc(C(=O)N/N=C/c2cc(Br)c(OCC(=O)Nc3ccccc3)c(Br)c2)cc1OC. The molecular weight excluding hydrogens is 582 g/mol. The highest BCUT2D eigenvalue weighted by molar-refractivity contribution is 9.11. The highest BCUT2D eigenvalue weighted by Gasteiger charge is 2.12. The van der Waals surface area contributed by atoms with Gasteiger partial charge in [0.05, 0.1) is 28.9 Å². The molecule has 182 valence electrons. The number of ether oxygens (including phenoxy) is 3. The molecule has 0 heterocycles. The summed E-state index contributed by atoms with van der Waals surface area (Å²) in [7, 11) is 1.51. The van der Waals surface area contributed by atoms with Crippen molar-refractivity contribution in [1.29, 1.82) is 0 Å². The Bertz CT molecular complexity index is 1200. The fourth-order valence-electron chi connectivity index (χ4n) is 2.96. The minimum absolute atomic E-state index is 0.166. The van der Waals surface area contributed by atoms with Gasteiger partial charge in [0, 0.05) is 11.3 Å².